The van der Waals surface area contributed by atoms with E-state index >= 15 is 0 Å². The summed E-state index contributed by atoms with van der Waals surface area (Å²) in [5.41, 5.74) is 3.46. The smallest absolute Gasteiger partial charge is 0.223 e. The van der Waals surface area contributed by atoms with Crippen LogP contribution in [0.1, 0.15) is 5.69 Å². The summed E-state index contributed by atoms with van der Waals surface area (Å²) >= 11 is 7.21. The molecule has 6 nitrogen and oxygen atoms in total. The van der Waals surface area contributed by atoms with Crippen LogP contribution >= 0.6 is 23.4 Å². The van der Waals surface area contributed by atoms with Crippen LogP contribution in [0.4, 0.5) is 0 Å². The topological polar surface area (TPSA) is 69.4 Å². The Kier molecular flexibility index (Phi) is 3.39. The zero-order valence-corrected chi connectivity index (χ0v) is 13.9. The molecule has 4 aromatic rings. The molecule has 0 saturated heterocycles. The Morgan fingerprint density at radius 3 is 2.74 bits per heavy atom. The number of hydrogen-bond acceptors (Lipinski definition) is 6. The number of para-hydroxylation sites is 1. The van der Waals surface area contributed by atoms with E-state index in [1.807, 2.05) is 48.9 Å². The number of fused-ring (bicyclic) bond motifs is 3. The molecule has 4 rings (SSSR count). The van der Waals surface area contributed by atoms with Crippen molar-refractivity contribution in [3.05, 3.63) is 41.3 Å². The van der Waals surface area contributed by atoms with Crippen LogP contribution in [0, 0.1) is 6.92 Å². The zero-order valence-electron chi connectivity index (χ0n) is 12.4. The Morgan fingerprint density at radius 2 is 1.91 bits per heavy atom. The molecule has 0 N–H and O–H groups in total. The number of rotatable bonds is 2. The van der Waals surface area contributed by atoms with Gasteiger partial charge in [-0.2, -0.15) is 0 Å². The van der Waals surface area contributed by atoms with E-state index in [0.717, 1.165) is 27.8 Å². The van der Waals surface area contributed by atoms with E-state index in [2.05, 4.69) is 25.1 Å². The van der Waals surface area contributed by atoms with Crippen molar-refractivity contribution in [1.29, 1.82) is 0 Å². The Balaban J connectivity index is 1.82. The first-order valence-electron chi connectivity index (χ1n) is 6.89. The van der Waals surface area contributed by atoms with Crippen LogP contribution < -0.4 is 0 Å². The van der Waals surface area contributed by atoms with E-state index in [9.17, 15) is 0 Å². The normalized spacial score (nSPS) is 11.4. The second-order valence-electron chi connectivity index (χ2n) is 5.06. The summed E-state index contributed by atoms with van der Waals surface area (Å²) in [5.74, 6) is 0. The molecule has 0 unspecified atom stereocenters. The minimum Gasteiger partial charge on any atom is -0.327 e. The molecule has 0 saturated carbocycles. The molecule has 0 atom stereocenters. The number of halogens is 1. The predicted octanol–water partition coefficient (Wildman–Crippen LogP) is 3.42. The molecule has 3 aromatic heterocycles. The summed E-state index contributed by atoms with van der Waals surface area (Å²) in [6.45, 7) is 1.86. The lowest BCUT2D eigenvalue weighted by Crippen LogP contribution is -1.96. The summed E-state index contributed by atoms with van der Waals surface area (Å²) < 4.78 is 2.02. The summed E-state index contributed by atoms with van der Waals surface area (Å²) in [7, 11) is 1.97. The van der Waals surface area contributed by atoms with E-state index in [1.54, 1.807) is 0 Å². The van der Waals surface area contributed by atoms with Crippen LogP contribution in [-0.2, 0) is 7.05 Å². The summed E-state index contributed by atoms with van der Waals surface area (Å²) in [6, 6.07) is 9.88. The van der Waals surface area contributed by atoms with Crippen molar-refractivity contribution < 1.29 is 0 Å². The van der Waals surface area contributed by atoms with Gasteiger partial charge in [0.25, 0.3) is 0 Å². The number of hydrogen-bond donors (Lipinski definition) is 0. The SMILES string of the molecule is Cc1cc(Sc2nnc3c4ccccc4n(C)c3n2)nc(Cl)n1. The molecule has 114 valence electrons. The Bertz CT molecular complexity index is 1020. The zero-order chi connectivity index (χ0) is 16.0. The largest absolute Gasteiger partial charge is 0.327 e. The van der Waals surface area contributed by atoms with E-state index < -0.39 is 0 Å². The molecule has 3 heterocycles. The van der Waals surface area contributed by atoms with Crippen molar-refractivity contribution in [2.24, 2.45) is 7.05 Å². The molecule has 8 heteroatoms. The Hall–Kier alpha value is -2.25. The fourth-order valence-corrected chi connectivity index (χ4v) is 3.52. The molecule has 23 heavy (non-hydrogen) atoms. The first kappa shape index (κ1) is 14.3. The van der Waals surface area contributed by atoms with Gasteiger partial charge < -0.3 is 4.57 Å². The van der Waals surface area contributed by atoms with Crippen molar-refractivity contribution >= 4 is 45.4 Å². The first-order chi connectivity index (χ1) is 11.1. The summed E-state index contributed by atoms with van der Waals surface area (Å²) in [6.07, 6.45) is 0. The van der Waals surface area contributed by atoms with Crippen molar-refractivity contribution in [1.82, 2.24) is 29.7 Å². The number of benzene rings is 1. The third kappa shape index (κ3) is 2.51. The summed E-state index contributed by atoms with van der Waals surface area (Å²) in [4.78, 5) is 12.8. The van der Waals surface area contributed by atoms with Gasteiger partial charge in [-0.1, -0.05) is 18.2 Å². The molecule has 0 bridgehead atoms. The van der Waals surface area contributed by atoms with Crippen LogP contribution in [0.2, 0.25) is 5.28 Å². The Labute approximate surface area is 140 Å². The van der Waals surface area contributed by atoms with E-state index in [4.69, 9.17) is 11.6 Å². The quantitative estimate of drug-likeness (QED) is 0.410. The standard InChI is InChI=1S/C15H11ClN6S/c1-8-7-11(18-14(16)17-8)23-15-19-13-12(20-21-15)9-5-3-4-6-10(9)22(13)2/h3-7H,1-2H3. The van der Waals surface area contributed by atoms with Gasteiger partial charge in [0, 0.05) is 18.1 Å². The highest BCUT2D eigenvalue weighted by Gasteiger charge is 2.13. The van der Waals surface area contributed by atoms with Crippen molar-refractivity contribution in [2.75, 3.05) is 0 Å². The van der Waals surface area contributed by atoms with Crippen LogP contribution in [0.25, 0.3) is 22.1 Å². The van der Waals surface area contributed by atoms with Gasteiger partial charge in [-0.3, -0.25) is 0 Å². The second kappa shape index (κ2) is 5.43. The van der Waals surface area contributed by atoms with Crippen LogP contribution in [0.3, 0.4) is 0 Å². The fraction of sp³-hybridized carbons (Fsp3) is 0.133. The monoisotopic (exact) mass is 342 g/mol. The maximum Gasteiger partial charge on any atom is 0.223 e. The second-order valence-corrected chi connectivity index (χ2v) is 6.39. The predicted molar refractivity (Wildman–Crippen MR) is 89.7 cm³/mol. The molecule has 0 amide bonds. The minimum atomic E-state index is 0.214. The third-order valence-corrected chi connectivity index (χ3v) is 4.43. The maximum atomic E-state index is 5.89. The molecule has 0 aliphatic heterocycles. The molecular weight excluding hydrogens is 332 g/mol. The van der Waals surface area contributed by atoms with Crippen molar-refractivity contribution in [3.8, 4) is 0 Å². The average Bonchev–Trinajstić information content (AvgIpc) is 2.80. The molecular formula is C15H11ClN6S. The summed E-state index contributed by atoms with van der Waals surface area (Å²) in [5, 5.41) is 11.0. The van der Waals surface area contributed by atoms with Gasteiger partial charge in [-0.05, 0) is 42.4 Å². The lowest BCUT2D eigenvalue weighted by atomic mass is 10.2. The minimum absolute atomic E-state index is 0.214. The molecule has 0 radical (unpaired) electrons. The van der Waals surface area contributed by atoms with Gasteiger partial charge in [0.1, 0.15) is 10.5 Å². The number of nitrogens with zero attached hydrogens (tertiary/aromatic N) is 6. The molecule has 0 aliphatic rings. The molecule has 1 aromatic carbocycles. The van der Waals surface area contributed by atoms with E-state index in [1.165, 1.54) is 11.8 Å². The van der Waals surface area contributed by atoms with E-state index in [0.29, 0.717) is 10.2 Å². The highest BCUT2D eigenvalue weighted by atomic mass is 35.5. The van der Waals surface area contributed by atoms with Crippen molar-refractivity contribution in [2.45, 2.75) is 17.1 Å². The average molecular weight is 343 g/mol. The van der Waals surface area contributed by atoms with Gasteiger partial charge in [0.15, 0.2) is 5.65 Å². The van der Waals surface area contributed by atoms with Crippen molar-refractivity contribution in [3.63, 3.8) is 0 Å². The molecule has 0 fully saturated rings. The highest BCUT2D eigenvalue weighted by Crippen LogP contribution is 2.28. The van der Waals surface area contributed by atoms with Gasteiger partial charge in [0.2, 0.25) is 10.4 Å². The lowest BCUT2D eigenvalue weighted by molar-refractivity contribution is 0.852. The Morgan fingerprint density at radius 1 is 1.09 bits per heavy atom. The number of aromatic nitrogens is 6. The van der Waals surface area contributed by atoms with Crippen LogP contribution in [0.5, 0.6) is 0 Å². The molecule has 0 aliphatic carbocycles. The maximum absolute atomic E-state index is 5.89. The molecule has 0 spiro atoms. The van der Waals surface area contributed by atoms with Gasteiger partial charge in [-0.15, -0.1) is 10.2 Å². The lowest BCUT2D eigenvalue weighted by Gasteiger charge is -2.01. The first-order valence-corrected chi connectivity index (χ1v) is 8.08. The third-order valence-electron chi connectivity index (χ3n) is 3.49. The van der Waals surface area contributed by atoms with Gasteiger partial charge in [0.05, 0.1) is 5.52 Å². The van der Waals surface area contributed by atoms with Gasteiger partial charge in [-0.25, -0.2) is 15.0 Å². The van der Waals surface area contributed by atoms with Crippen LogP contribution in [-0.4, -0.2) is 29.7 Å². The highest BCUT2D eigenvalue weighted by molar-refractivity contribution is 7.99. The van der Waals surface area contributed by atoms with Crippen LogP contribution in [0.15, 0.2) is 40.5 Å². The van der Waals surface area contributed by atoms with E-state index in [-0.39, 0.29) is 5.28 Å². The van der Waals surface area contributed by atoms with Gasteiger partial charge >= 0.3 is 0 Å². The number of aryl methyl sites for hydroxylation is 2. The fourth-order valence-electron chi connectivity index (χ4n) is 2.49.